The van der Waals surface area contributed by atoms with Gasteiger partial charge in [-0.25, -0.2) is 9.78 Å². The molecule has 0 saturated heterocycles. The molecule has 0 aliphatic heterocycles. The molecule has 0 fully saturated rings. The van der Waals surface area contributed by atoms with Crippen LogP contribution in [0.15, 0.2) is 53.9 Å². The number of hydrogen-bond acceptors (Lipinski definition) is 7. The van der Waals surface area contributed by atoms with Crippen molar-refractivity contribution in [3.63, 3.8) is 0 Å². The molecular weight excluding hydrogens is 464 g/mol. The maximum atomic E-state index is 12.3. The SMILES string of the molecule is C[C@H](OC(=O)c1csc(NCc2ccccc2)n1)C(=O)Nc1ccc(OC(F)F)c(Cl)c1. The summed E-state index contributed by atoms with van der Waals surface area (Å²) in [6, 6.07) is 13.5. The molecule has 0 radical (unpaired) electrons. The molecule has 0 aliphatic carbocycles. The van der Waals surface area contributed by atoms with Gasteiger partial charge in [0.2, 0.25) is 0 Å². The Morgan fingerprint density at radius 3 is 2.62 bits per heavy atom. The summed E-state index contributed by atoms with van der Waals surface area (Å²) in [7, 11) is 0. The molecule has 32 heavy (non-hydrogen) atoms. The summed E-state index contributed by atoms with van der Waals surface area (Å²) in [6.45, 7) is -1.08. The standard InChI is InChI=1S/C21H18ClF2N3O4S/c1-12(18(28)26-14-7-8-17(15(22)9-14)31-20(23)24)30-19(29)16-11-32-21(27-16)25-10-13-5-3-2-4-6-13/h2-9,11-12,20H,10H2,1H3,(H,25,27)(H,26,28)/t12-/m0/s1. The van der Waals surface area contributed by atoms with Gasteiger partial charge < -0.3 is 20.1 Å². The highest BCUT2D eigenvalue weighted by Gasteiger charge is 2.21. The van der Waals surface area contributed by atoms with E-state index < -0.39 is 24.6 Å². The summed E-state index contributed by atoms with van der Waals surface area (Å²) in [5.74, 6) is -1.61. The van der Waals surface area contributed by atoms with Gasteiger partial charge in [0.15, 0.2) is 16.9 Å². The first-order chi connectivity index (χ1) is 15.3. The van der Waals surface area contributed by atoms with E-state index in [-0.39, 0.29) is 22.2 Å². The summed E-state index contributed by atoms with van der Waals surface area (Å²) < 4.78 is 34.0. The quantitative estimate of drug-likeness (QED) is 0.409. The molecular formula is C21H18ClF2N3O4S. The van der Waals surface area contributed by atoms with Crippen LogP contribution in [0.1, 0.15) is 23.0 Å². The predicted octanol–water partition coefficient (Wildman–Crippen LogP) is 5.19. The zero-order valence-corrected chi connectivity index (χ0v) is 18.3. The molecule has 11 heteroatoms. The fraction of sp³-hybridized carbons (Fsp3) is 0.190. The molecule has 3 aromatic rings. The number of nitrogens with one attached hydrogen (secondary N) is 2. The molecule has 2 aromatic carbocycles. The molecule has 1 aromatic heterocycles. The van der Waals surface area contributed by atoms with Crippen LogP contribution in [0.4, 0.5) is 19.6 Å². The average Bonchev–Trinajstić information content (AvgIpc) is 3.24. The van der Waals surface area contributed by atoms with E-state index in [0.717, 1.165) is 5.56 Å². The van der Waals surface area contributed by atoms with Crippen molar-refractivity contribution in [2.75, 3.05) is 10.6 Å². The Labute approximate surface area is 191 Å². The first kappa shape index (κ1) is 23.4. The van der Waals surface area contributed by atoms with Gasteiger partial charge in [0.25, 0.3) is 5.91 Å². The van der Waals surface area contributed by atoms with E-state index in [0.29, 0.717) is 11.7 Å². The van der Waals surface area contributed by atoms with Gasteiger partial charge in [0.1, 0.15) is 5.75 Å². The average molecular weight is 482 g/mol. The van der Waals surface area contributed by atoms with Gasteiger partial charge in [-0.3, -0.25) is 4.79 Å². The molecule has 1 atom stereocenters. The summed E-state index contributed by atoms with van der Waals surface area (Å²) in [5.41, 5.74) is 1.36. The minimum Gasteiger partial charge on any atom is -0.448 e. The van der Waals surface area contributed by atoms with Crippen molar-refractivity contribution in [3.8, 4) is 5.75 Å². The van der Waals surface area contributed by atoms with Crippen molar-refractivity contribution in [1.82, 2.24) is 4.98 Å². The van der Waals surface area contributed by atoms with E-state index in [2.05, 4.69) is 20.4 Å². The number of benzene rings is 2. The maximum absolute atomic E-state index is 12.3. The molecule has 0 saturated carbocycles. The van der Waals surface area contributed by atoms with Gasteiger partial charge in [-0.1, -0.05) is 41.9 Å². The zero-order chi connectivity index (χ0) is 23.1. The smallest absolute Gasteiger partial charge is 0.387 e. The Morgan fingerprint density at radius 1 is 1.19 bits per heavy atom. The predicted molar refractivity (Wildman–Crippen MR) is 117 cm³/mol. The van der Waals surface area contributed by atoms with Crippen molar-refractivity contribution in [2.45, 2.75) is 26.2 Å². The first-order valence-electron chi connectivity index (χ1n) is 9.31. The number of esters is 1. The number of halogens is 3. The largest absolute Gasteiger partial charge is 0.448 e. The highest BCUT2D eigenvalue weighted by Crippen LogP contribution is 2.29. The van der Waals surface area contributed by atoms with Crippen LogP contribution in [0.25, 0.3) is 0 Å². The van der Waals surface area contributed by atoms with E-state index in [1.54, 1.807) is 0 Å². The topological polar surface area (TPSA) is 89.5 Å². The van der Waals surface area contributed by atoms with E-state index >= 15 is 0 Å². The van der Waals surface area contributed by atoms with Crippen LogP contribution in [-0.4, -0.2) is 29.6 Å². The highest BCUT2D eigenvalue weighted by atomic mass is 35.5. The number of anilines is 2. The Morgan fingerprint density at radius 2 is 1.94 bits per heavy atom. The minimum absolute atomic E-state index is 0.0711. The number of carbonyl (C=O) groups excluding carboxylic acids is 2. The van der Waals surface area contributed by atoms with E-state index in [9.17, 15) is 18.4 Å². The number of nitrogens with zero attached hydrogens (tertiary/aromatic N) is 1. The number of amides is 1. The van der Waals surface area contributed by atoms with Crippen LogP contribution in [0.3, 0.4) is 0 Å². The molecule has 1 heterocycles. The maximum Gasteiger partial charge on any atom is 0.387 e. The second-order valence-electron chi connectivity index (χ2n) is 6.44. The summed E-state index contributed by atoms with van der Waals surface area (Å²) >= 11 is 7.10. The third kappa shape index (κ3) is 6.63. The number of hydrogen-bond donors (Lipinski definition) is 2. The number of ether oxygens (including phenoxy) is 2. The van der Waals surface area contributed by atoms with Crippen molar-refractivity contribution in [2.24, 2.45) is 0 Å². The number of rotatable bonds is 9. The molecule has 0 spiro atoms. The van der Waals surface area contributed by atoms with Crippen molar-refractivity contribution in [1.29, 1.82) is 0 Å². The summed E-state index contributed by atoms with van der Waals surface area (Å²) in [6.07, 6.45) is -1.14. The number of thiazole rings is 1. The van der Waals surface area contributed by atoms with Crippen LogP contribution in [-0.2, 0) is 16.1 Å². The highest BCUT2D eigenvalue weighted by molar-refractivity contribution is 7.13. The zero-order valence-electron chi connectivity index (χ0n) is 16.7. The second-order valence-corrected chi connectivity index (χ2v) is 7.70. The van der Waals surface area contributed by atoms with E-state index in [4.69, 9.17) is 16.3 Å². The third-order valence-electron chi connectivity index (χ3n) is 4.07. The molecule has 168 valence electrons. The fourth-order valence-electron chi connectivity index (χ4n) is 2.51. The van der Waals surface area contributed by atoms with Crippen molar-refractivity contribution < 1.29 is 27.8 Å². The lowest BCUT2D eigenvalue weighted by atomic mass is 10.2. The Balaban J connectivity index is 1.52. The van der Waals surface area contributed by atoms with E-state index in [1.807, 2.05) is 30.3 Å². The van der Waals surface area contributed by atoms with Crippen molar-refractivity contribution >= 4 is 45.6 Å². The molecule has 2 N–H and O–H groups in total. The van der Waals surface area contributed by atoms with Crippen molar-refractivity contribution in [3.05, 3.63) is 70.2 Å². The third-order valence-corrected chi connectivity index (χ3v) is 5.16. The number of aromatic nitrogens is 1. The fourth-order valence-corrected chi connectivity index (χ4v) is 3.41. The van der Waals surface area contributed by atoms with Crippen LogP contribution >= 0.6 is 22.9 Å². The lowest BCUT2D eigenvalue weighted by Crippen LogP contribution is -2.30. The van der Waals surface area contributed by atoms with Crippen LogP contribution in [0.2, 0.25) is 5.02 Å². The Hall–Kier alpha value is -3.24. The van der Waals surface area contributed by atoms with Gasteiger partial charge >= 0.3 is 12.6 Å². The molecule has 1 amide bonds. The van der Waals surface area contributed by atoms with Crippen LogP contribution in [0.5, 0.6) is 5.75 Å². The lowest BCUT2D eigenvalue weighted by molar-refractivity contribution is -0.123. The van der Waals surface area contributed by atoms with Gasteiger partial charge in [-0.15, -0.1) is 11.3 Å². The number of alkyl halides is 2. The normalized spacial score (nSPS) is 11.7. The Bertz CT molecular complexity index is 1080. The van der Waals surface area contributed by atoms with Gasteiger partial charge in [-0.2, -0.15) is 8.78 Å². The van der Waals surface area contributed by atoms with Crippen LogP contribution < -0.4 is 15.4 Å². The summed E-state index contributed by atoms with van der Waals surface area (Å²) in [4.78, 5) is 28.8. The molecule has 0 bridgehead atoms. The lowest BCUT2D eigenvalue weighted by Gasteiger charge is -2.14. The number of carbonyl (C=O) groups is 2. The summed E-state index contributed by atoms with van der Waals surface area (Å²) in [5, 5.41) is 7.57. The van der Waals surface area contributed by atoms with Gasteiger partial charge in [0.05, 0.1) is 5.02 Å². The van der Waals surface area contributed by atoms with Gasteiger partial charge in [-0.05, 0) is 30.7 Å². The Kier molecular flexibility index (Phi) is 7.96. The minimum atomic E-state index is -3.02. The van der Waals surface area contributed by atoms with Gasteiger partial charge in [0, 0.05) is 17.6 Å². The molecule has 7 nitrogen and oxygen atoms in total. The first-order valence-corrected chi connectivity index (χ1v) is 10.6. The van der Waals surface area contributed by atoms with E-state index in [1.165, 1.54) is 41.8 Å². The molecule has 0 unspecified atom stereocenters. The molecule has 3 rings (SSSR count). The monoisotopic (exact) mass is 481 g/mol. The van der Waals surface area contributed by atoms with Crippen LogP contribution in [0, 0.1) is 0 Å². The second kappa shape index (κ2) is 10.9. The molecule has 0 aliphatic rings.